The normalized spacial score (nSPS) is 11.7. The van der Waals surface area contributed by atoms with E-state index in [1.165, 1.54) is 32.3 Å². The van der Waals surface area contributed by atoms with Gasteiger partial charge in [-0.3, -0.25) is 0 Å². The van der Waals surface area contributed by atoms with Crippen molar-refractivity contribution < 1.29 is 0 Å². The van der Waals surface area contributed by atoms with Gasteiger partial charge in [-0.15, -0.1) is 0 Å². The Morgan fingerprint density at radius 1 is 0.484 bits per heavy atom. The van der Waals surface area contributed by atoms with Gasteiger partial charge in [0.15, 0.2) is 0 Å². The Hall–Kier alpha value is -4.17. The van der Waals surface area contributed by atoms with Gasteiger partial charge in [-0.1, -0.05) is 78.9 Å². The molecule has 0 radical (unpaired) electrons. The van der Waals surface area contributed by atoms with Crippen LogP contribution in [0.5, 0.6) is 0 Å². The first-order valence-electron chi connectivity index (χ1n) is 10.5. The predicted octanol–water partition coefficient (Wildman–Crippen LogP) is 7.76. The largest absolute Gasteiger partial charge is 0.234 e. The second-order valence-electron chi connectivity index (χ2n) is 7.78. The summed E-state index contributed by atoms with van der Waals surface area (Å²) in [6.45, 7) is 0. The first-order chi connectivity index (χ1) is 15.4. The summed E-state index contributed by atoms with van der Waals surface area (Å²) >= 11 is 0. The Balaban J connectivity index is 1.48. The third-order valence-electron chi connectivity index (χ3n) is 5.81. The van der Waals surface area contributed by atoms with Crippen molar-refractivity contribution in [3.63, 3.8) is 0 Å². The minimum Gasteiger partial charge on any atom is -0.234 e. The Bertz CT molecular complexity index is 1420. The van der Waals surface area contributed by atoms with Gasteiger partial charge in [0.2, 0.25) is 0 Å². The molecule has 0 aromatic heterocycles. The Kier molecular flexibility index (Phi) is 4.14. The van der Waals surface area contributed by atoms with Gasteiger partial charge in [0, 0.05) is 0 Å². The highest BCUT2D eigenvalue weighted by Gasteiger charge is 2.10. The zero-order chi connectivity index (χ0) is 20.6. The van der Waals surface area contributed by atoms with Gasteiger partial charge in [-0.25, -0.2) is 5.01 Å². The summed E-state index contributed by atoms with van der Waals surface area (Å²) in [4.78, 5) is 0. The van der Waals surface area contributed by atoms with Crippen molar-refractivity contribution in [2.24, 2.45) is 5.10 Å². The molecule has 0 heterocycles. The molecule has 0 fully saturated rings. The molecule has 0 amide bonds. The summed E-state index contributed by atoms with van der Waals surface area (Å²) in [6, 6.07) is 40.3. The molecule has 2 heteroatoms. The average molecular weight is 396 g/mol. The molecule has 146 valence electrons. The summed E-state index contributed by atoms with van der Waals surface area (Å²) in [5.74, 6) is 0. The van der Waals surface area contributed by atoms with Crippen LogP contribution in [-0.2, 0) is 0 Å². The predicted molar refractivity (Wildman–Crippen MR) is 133 cm³/mol. The molecule has 0 saturated carbocycles. The molecule has 6 aromatic rings. The number of rotatable bonds is 4. The molecule has 0 bridgehead atoms. The number of nitrogens with zero attached hydrogens (tertiary/aromatic N) is 2. The Morgan fingerprint density at radius 3 is 1.52 bits per heavy atom. The van der Waals surface area contributed by atoms with Gasteiger partial charge < -0.3 is 0 Å². The first-order valence-corrected chi connectivity index (χ1v) is 10.5. The highest BCUT2D eigenvalue weighted by atomic mass is 15.5. The lowest BCUT2D eigenvalue weighted by atomic mass is 9.93. The third kappa shape index (κ3) is 3.10. The molecule has 0 spiro atoms. The lowest BCUT2D eigenvalue weighted by molar-refractivity contribution is 1.09. The number of benzene rings is 6. The Labute approximate surface area is 181 Å². The summed E-state index contributed by atoms with van der Waals surface area (Å²) in [5, 5.41) is 14.6. The molecule has 0 N–H and O–H groups in total. The van der Waals surface area contributed by atoms with E-state index in [4.69, 9.17) is 5.10 Å². The van der Waals surface area contributed by atoms with E-state index in [0.29, 0.717) is 0 Å². The maximum absolute atomic E-state index is 4.88. The highest BCUT2D eigenvalue weighted by molar-refractivity contribution is 6.23. The molecule has 0 atom stereocenters. The standard InChI is InChI=1S/C29H20N2/c1-3-10-26(11-4-1)31(27-12-5-2-6-13-27)30-20-21-18-24-16-14-22-8-7-9-23-15-17-25(19-21)29(24)28(22)23/h1-20H/b30-20+. The fourth-order valence-electron chi connectivity index (χ4n) is 4.40. The second kappa shape index (κ2) is 7.26. The van der Waals surface area contributed by atoms with Gasteiger partial charge in [-0.05, 0) is 74.3 Å². The van der Waals surface area contributed by atoms with Gasteiger partial charge in [0.05, 0.1) is 17.6 Å². The fourth-order valence-corrected chi connectivity index (χ4v) is 4.40. The van der Waals surface area contributed by atoms with E-state index in [9.17, 15) is 0 Å². The molecule has 2 nitrogen and oxygen atoms in total. The summed E-state index contributed by atoms with van der Waals surface area (Å²) in [7, 11) is 0. The van der Waals surface area contributed by atoms with E-state index in [0.717, 1.165) is 16.9 Å². The van der Waals surface area contributed by atoms with Crippen LogP contribution in [0, 0.1) is 0 Å². The molecule has 0 unspecified atom stereocenters. The van der Waals surface area contributed by atoms with E-state index in [-0.39, 0.29) is 0 Å². The van der Waals surface area contributed by atoms with E-state index < -0.39 is 0 Å². The van der Waals surface area contributed by atoms with Crippen LogP contribution in [0.4, 0.5) is 11.4 Å². The van der Waals surface area contributed by atoms with E-state index in [1.807, 2.05) is 47.6 Å². The van der Waals surface area contributed by atoms with Crippen molar-refractivity contribution in [3.8, 4) is 0 Å². The lowest BCUT2D eigenvalue weighted by Crippen LogP contribution is -2.09. The van der Waals surface area contributed by atoms with Gasteiger partial charge in [-0.2, -0.15) is 5.10 Å². The number of hydrazone groups is 1. The van der Waals surface area contributed by atoms with E-state index in [2.05, 4.69) is 78.9 Å². The molecule has 6 rings (SSSR count). The number of hydrogen-bond acceptors (Lipinski definition) is 2. The van der Waals surface area contributed by atoms with Crippen molar-refractivity contribution >= 4 is 49.9 Å². The van der Waals surface area contributed by atoms with Crippen LogP contribution < -0.4 is 5.01 Å². The topological polar surface area (TPSA) is 15.6 Å². The summed E-state index contributed by atoms with van der Waals surface area (Å²) < 4.78 is 0. The SMILES string of the molecule is C(=N\N(c1ccccc1)c1ccccc1)/c1cc2ccc3cccc4ccc(c1)c2c34. The zero-order valence-electron chi connectivity index (χ0n) is 16.9. The van der Waals surface area contributed by atoms with Crippen LogP contribution in [0.15, 0.2) is 120 Å². The molecular weight excluding hydrogens is 376 g/mol. The van der Waals surface area contributed by atoms with Crippen LogP contribution in [-0.4, -0.2) is 6.21 Å². The van der Waals surface area contributed by atoms with Crippen LogP contribution in [0.3, 0.4) is 0 Å². The van der Waals surface area contributed by atoms with Crippen LogP contribution in [0.25, 0.3) is 32.3 Å². The molecule has 6 aromatic carbocycles. The maximum Gasteiger partial charge on any atom is 0.0652 e. The van der Waals surface area contributed by atoms with Crippen LogP contribution in [0.1, 0.15) is 5.56 Å². The number of para-hydroxylation sites is 2. The highest BCUT2D eigenvalue weighted by Crippen LogP contribution is 2.35. The maximum atomic E-state index is 4.88. The van der Waals surface area contributed by atoms with Gasteiger partial charge >= 0.3 is 0 Å². The fraction of sp³-hybridized carbons (Fsp3) is 0. The summed E-state index contributed by atoms with van der Waals surface area (Å²) in [5.41, 5.74) is 3.15. The van der Waals surface area contributed by atoms with E-state index >= 15 is 0 Å². The van der Waals surface area contributed by atoms with Crippen LogP contribution >= 0.6 is 0 Å². The van der Waals surface area contributed by atoms with Crippen molar-refractivity contribution in [2.45, 2.75) is 0 Å². The monoisotopic (exact) mass is 396 g/mol. The molecule has 0 aliphatic heterocycles. The molecule has 31 heavy (non-hydrogen) atoms. The smallest absolute Gasteiger partial charge is 0.0652 e. The minimum atomic E-state index is 1.03. The molecular formula is C29H20N2. The molecule has 0 saturated heterocycles. The minimum absolute atomic E-state index is 1.03. The first kappa shape index (κ1) is 17.7. The number of hydrogen-bond donors (Lipinski definition) is 0. The number of anilines is 2. The summed E-state index contributed by atoms with van der Waals surface area (Å²) in [6.07, 6.45) is 1.95. The van der Waals surface area contributed by atoms with Crippen molar-refractivity contribution in [1.29, 1.82) is 0 Å². The van der Waals surface area contributed by atoms with Crippen molar-refractivity contribution in [2.75, 3.05) is 5.01 Å². The molecule has 0 aliphatic carbocycles. The average Bonchev–Trinajstić information content (AvgIpc) is 2.84. The Morgan fingerprint density at radius 2 is 0.968 bits per heavy atom. The van der Waals surface area contributed by atoms with Crippen molar-refractivity contribution in [1.82, 2.24) is 0 Å². The lowest BCUT2D eigenvalue weighted by Gasteiger charge is -2.19. The third-order valence-corrected chi connectivity index (χ3v) is 5.81. The molecule has 0 aliphatic rings. The second-order valence-corrected chi connectivity index (χ2v) is 7.78. The van der Waals surface area contributed by atoms with Gasteiger partial charge in [0.25, 0.3) is 0 Å². The van der Waals surface area contributed by atoms with E-state index in [1.54, 1.807) is 0 Å². The van der Waals surface area contributed by atoms with Crippen molar-refractivity contribution in [3.05, 3.63) is 121 Å². The van der Waals surface area contributed by atoms with Gasteiger partial charge in [0.1, 0.15) is 0 Å². The quantitative estimate of drug-likeness (QED) is 0.169. The zero-order valence-corrected chi connectivity index (χ0v) is 16.9. The van der Waals surface area contributed by atoms with Crippen LogP contribution in [0.2, 0.25) is 0 Å².